The van der Waals surface area contributed by atoms with Crippen molar-refractivity contribution in [2.45, 2.75) is 10.1 Å². The summed E-state index contributed by atoms with van der Waals surface area (Å²) >= 11 is 0. The van der Waals surface area contributed by atoms with Gasteiger partial charge in [0.05, 0.1) is 16.4 Å². The molecule has 108 valence electrons. The van der Waals surface area contributed by atoms with Gasteiger partial charge in [0, 0.05) is 4.90 Å². The summed E-state index contributed by atoms with van der Waals surface area (Å²) in [6.45, 7) is 0. The largest absolute Gasteiger partial charge is 0.480 e. The molecule has 0 spiro atoms. The minimum Gasteiger partial charge on any atom is -0.480 e. The van der Waals surface area contributed by atoms with Crippen LogP contribution in [0.4, 0.5) is 0 Å². The van der Waals surface area contributed by atoms with E-state index in [1.165, 1.54) is 24.3 Å². The molecule has 2 aromatic carbocycles. The van der Waals surface area contributed by atoms with Gasteiger partial charge in [0.1, 0.15) is 0 Å². The van der Waals surface area contributed by atoms with Gasteiger partial charge in [-0.05, 0) is 29.8 Å². The quantitative estimate of drug-likeness (QED) is 0.884. The van der Waals surface area contributed by atoms with Gasteiger partial charge in [-0.25, -0.2) is 4.79 Å². The molecule has 2 rings (SSSR count). The Kier molecular flexibility index (Phi) is 4.49. The monoisotopic (exact) mass is 304 g/mol. The average molecular weight is 304 g/mol. The molecule has 0 aromatic heterocycles. The second kappa shape index (κ2) is 6.32. The first kappa shape index (κ1) is 14.9. The van der Waals surface area contributed by atoms with Crippen LogP contribution in [-0.2, 0) is 15.6 Å². The molecule has 0 saturated carbocycles. The van der Waals surface area contributed by atoms with E-state index in [9.17, 15) is 18.9 Å². The topological polar surface area (TPSA) is 91.7 Å². The number of rotatable bonds is 5. The maximum Gasteiger partial charge on any atom is 0.335 e. The fraction of sp³-hybridized carbons (Fsp3) is 0.0667. The summed E-state index contributed by atoms with van der Waals surface area (Å²) < 4.78 is 12.5. The van der Waals surface area contributed by atoms with E-state index in [4.69, 9.17) is 5.11 Å². The van der Waals surface area contributed by atoms with E-state index in [-0.39, 0.29) is 10.5 Å². The summed E-state index contributed by atoms with van der Waals surface area (Å²) in [5.41, 5.74) is 0.494. The van der Waals surface area contributed by atoms with Gasteiger partial charge in [0.2, 0.25) is 0 Å². The van der Waals surface area contributed by atoms with Crippen LogP contribution in [0.25, 0.3) is 0 Å². The van der Waals surface area contributed by atoms with Crippen LogP contribution < -0.4 is 0 Å². The highest BCUT2D eigenvalue weighted by molar-refractivity contribution is 7.86. The van der Waals surface area contributed by atoms with Crippen LogP contribution in [0.2, 0.25) is 0 Å². The Morgan fingerprint density at radius 3 is 1.95 bits per heavy atom. The Morgan fingerprint density at radius 1 is 0.905 bits per heavy atom. The molecule has 0 fully saturated rings. The highest BCUT2D eigenvalue weighted by atomic mass is 32.2. The second-order valence-corrected chi connectivity index (χ2v) is 5.79. The van der Waals surface area contributed by atoms with Crippen molar-refractivity contribution in [2.24, 2.45) is 0 Å². The SMILES string of the molecule is O=C(O)c1ccc([S@](=O)[C@H](C(=O)O)c2ccccc2)cc1. The van der Waals surface area contributed by atoms with Crippen LogP contribution in [0, 0.1) is 0 Å². The van der Waals surface area contributed by atoms with E-state index in [0.717, 1.165) is 0 Å². The van der Waals surface area contributed by atoms with Crippen LogP contribution in [0.1, 0.15) is 21.2 Å². The van der Waals surface area contributed by atoms with Gasteiger partial charge in [0.15, 0.2) is 5.25 Å². The zero-order valence-corrected chi connectivity index (χ0v) is 11.6. The number of hydrogen-bond acceptors (Lipinski definition) is 3. The lowest BCUT2D eigenvalue weighted by molar-refractivity contribution is -0.136. The number of hydrogen-bond donors (Lipinski definition) is 2. The summed E-state index contributed by atoms with van der Waals surface area (Å²) in [5, 5.41) is 16.9. The molecule has 0 saturated heterocycles. The molecule has 5 nitrogen and oxygen atoms in total. The molecular weight excluding hydrogens is 292 g/mol. The maximum absolute atomic E-state index is 12.5. The number of carbonyl (C=O) groups is 2. The first-order valence-corrected chi connectivity index (χ1v) is 7.23. The van der Waals surface area contributed by atoms with E-state index in [1.54, 1.807) is 30.3 Å². The van der Waals surface area contributed by atoms with Gasteiger partial charge in [-0.3, -0.25) is 9.00 Å². The third-order valence-electron chi connectivity index (χ3n) is 2.87. The molecule has 0 heterocycles. The van der Waals surface area contributed by atoms with Gasteiger partial charge in [0.25, 0.3) is 0 Å². The molecule has 2 atom stereocenters. The second-order valence-electron chi connectivity index (χ2n) is 4.26. The lowest BCUT2D eigenvalue weighted by Crippen LogP contribution is -2.17. The zero-order chi connectivity index (χ0) is 15.4. The Morgan fingerprint density at radius 2 is 1.48 bits per heavy atom. The predicted molar refractivity (Wildman–Crippen MR) is 76.6 cm³/mol. The highest BCUT2D eigenvalue weighted by Crippen LogP contribution is 2.25. The minimum atomic E-state index is -1.82. The third-order valence-corrected chi connectivity index (χ3v) is 4.51. The van der Waals surface area contributed by atoms with E-state index >= 15 is 0 Å². The zero-order valence-electron chi connectivity index (χ0n) is 10.8. The van der Waals surface area contributed by atoms with Crippen molar-refractivity contribution in [3.05, 3.63) is 65.7 Å². The van der Waals surface area contributed by atoms with Crippen LogP contribution in [0.5, 0.6) is 0 Å². The Hall–Kier alpha value is -2.47. The van der Waals surface area contributed by atoms with Gasteiger partial charge in [-0.2, -0.15) is 0 Å². The summed E-state index contributed by atoms with van der Waals surface area (Å²) in [5.74, 6) is -2.29. The number of carboxylic acid groups (broad SMARTS) is 2. The Labute approximate surface area is 123 Å². The van der Waals surface area contributed by atoms with Crippen molar-refractivity contribution in [3.8, 4) is 0 Å². The van der Waals surface area contributed by atoms with Gasteiger partial charge >= 0.3 is 11.9 Å². The summed E-state index contributed by atoms with van der Waals surface area (Å²) in [4.78, 5) is 22.5. The van der Waals surface area contributed by atoms with Crippen molar-refractivity contribution >= 4 is 22.7 Å². The molecule has 0 radical (unpaired) electrons. The number of benzene rings is 2. The number of carboxylic acids is 2. The summed E-state index contributed by atoms with van der Waals surface area (Å²) in [6.07, 6.45) is 0. The lowest BCUT2D eigenvalue weighted by atomic mass is 10.1. The molecule has 0 aliphatic rings. The van der Waals surface area contributed by atoms with Crippen molar-refractivity contribution in [1.82, 2.24) is 0 Å². The van der Waals surface area contributed by atoms with Crippen LogP contribution >= 0.6 is 0 Å². The fourth-order valence-corrected chi connectivity index (χ4v) is 3.12. The molecule has 0 amide bonds. The van der Waals surface area contributed by atoms with Gasteiger partial charge < -0.3 is 10.2 Å². The van der Waals surface area contributed by atoms with Crippen LogP contribution in [-0.4, -0.2) is 26.4 Å². The molecular formula is C15H12O5S. The summed E-state index contributed by atoms with van der Waals surface area (Å²) in [6, 6.07) is 13.7. The Balaban J connectivity index is 2.35. The van der Waals surface area contributed by atoms with Gasteiger partial charge in [-0.15, -0.1) is 0 Å². The maximum atomic E-state index is 12.5. The molecule has 2 aromatic rings. The molecule has 6 heteroatoms. The van der Waals surface area contributed by atoms with Crippen molar-refractivity contribution in [3.63, 3.8) is 0 Å². The van der Waals surface area contributed by atoms with E-state index in [0.29, 0.717) is 5.56 Å². The molecule has 2 N–H and O–H groups in total. The van der Waals surface area contributed by atoms with Crippen molar-refractivity contribution < 1.29 is 24.0 Å². The van der Waals surface area contributed by atoms with E-state index in [1.807, 2.05) is 0 Å². The normalized spacial score (nSPS) is 13.3. The minimum absolute atomic E-state index is 0.0577. The van der Waals surface area contributed by atoms with E-state index < -0.39 is 28.0 Å². The molecule has 0 unspecified atom stereocenters. The smallest absolute Gasteiger partial charge is 0.335 e. The summed E-state index contributed by atoms with van der Waals surface area (Å²) in [7, 11) is -1.82. The average Bonchev–Trinajstić information content (AvgIpc) is 2.48. The first-order valence-electron chi connectivity index (χ1n) is 6.02. The molecule has 21 heavy (non-hydrogen) atoms. The number of aliphatic carboxylic acids is 1. The third kappa shape index (κ3) is 3.35. The highest BCUT2D eigenvalue weighted by Gasteiger charge is 2.27. The lowest BCUT2D eigenvalue weighted by Gasteiger charge is -2.12. The molecule has 0 bridgehead atoms. The first-order chi connectivity index (χ1) is 10.0. The molecule has 0 aliphatic carbocycles. The Bertz CT molecular complexity index is 679. The molecule has 0 aliphatic heterocycles. The van der Waals surface area contributed by atoms with Crippen molar-refractivity contribution in [2.75, 3.05) is 0 Å². The van der Waals surface area contributed by atoms with Crippen molar-refractivity contribution in [1.29, 1.82) is 0 Å². The number of aromatic carboxylic acids is 1. The fourth-order valence-electron chi connectivity index (χ4n) is 1.85. The standard InChI is InChI=1S/C15H12O5S/c16-14(17)11-6-8-12(9-7-11)21(20)13(15(18)19)10-4-2-1-3-5-10/h1-9,13H,(H,16,17)(H,18,19)/t13-,21-/m0/s1. The van der Waals surface area contributed by atoms with E-state index in [2.05, 4.69) is 0 Å². The van der Waals surface area contributed by atoms with Gasteiger partial charge in [-0.1, -0.05) is 30.3 Å². The predicted octanol–water partition coefficient (Wildman–Crippen LogP) is 2.32. The van der Waals surface area contributed by atoms with Crippen LogP contribution in [0.3, 0.4) is 0 Å². The van der Waals surface area contributed by atoms with Crippen LogP contribution in [0.15, 0.2) is 59.5 Å².